The Hall–Kier alpha value is -2.97. The van der Waals surface area contributed by atoms with Gasteiger partial charge in [0, 0.05) is 12.3 Å². The number of benzene rings is 1. The molecule has 0 fully saturated rings. The van der Waals surface area contributed by atoms with Gasteiger partial charge in [-0.2, -0.15) is 18.3 Å². The summed E-state index contributed by atoms with van der Waals surface area (Å²) in [7, 11) is 2.50. The zero-order valence-corrected chi connectivity index (χ0v) is 12.7. The molecule has 1 heterocycles. The molecule has 0 N–H and O–H groups in total. The van der Waals surface area contributed by atoms with E-state index in [-0.39, 0.29) is 11.5 Å². The quantitative estimate of drug-likeness (QED) is 0.475. The summed E-state index contributed by atoms with van der Waals surface area (Å²) >= 11 is 0. The number of aromatic nitrogens is 2. The predicted octanol–water partition coefficient (Wildman–Crippen LogP) is 2.93. The van der Waals surface area contributed by atoms with Crippen molar-refractivity contribution < 1.29 is 32.2 Å². The lowest BCUT2D eigenvalue weighted by Gasteiger charge is -2.09. The Labute approximate surface area is 135 Å². The number of hydrogen-bond donors (Lipinski definition) is 0. The minimum Gasteiger partial charge on any atom is -0.500 e. The minimum absolute atomic E-state index is 0.199. The van der Waals surface area contributed by atoms with Crippen LogP contribution in [0.3, 0.4) is 0 Å². The van der Waals surface area contributed by atoms with Crippen LogP contribution in [0, 0.1) is 0 Å². The number of hydrogen-bond acceptors (Lipinski definition) is 5. The molecule has 128 valence electrons. The number of nitrogens with zero attached hydrogens (tertiary/aromatic N) is 2. The third-order valence-electron chi connectivity index (χ3n) is 2.80. The van der Waals surface area contributed by atoms with E-state index < -0.39 is 17.8 Å². The van der Waals surface area contributed by atoms with Gasteiger partial charge in [0.05, 0.1) is 19.9 Å². The van der Waals surface area contributed by atoms with E-state index in [4.69, 9.17) is 9.47 Å². The monoisotopic (exact) mass is 342 g/mol. The molecule has 0 radical (unpaired) electrons. The lowest BCUT2D eigenvalue weighted by molar-refractivity contribution is -0.141. The van der Waals surface area contributed by atoms with Crippen LogP contribution < -0.4 is 4.74 Å². The average Bonchev–Trinajstić information content (AvgIpc) is 3.04. The van der Waals surface area contributed by atoms with Gasteiger partial charge >= 0.3 is 12.1 Å². The van der Waals surface area contributed by atoms with Gasteiger partial charge in [0.25, 0.3) is 0 Å². The standard InChI is InChI=1S/C15H13F3N2O4/c1-22-9-12(14(21)23-2)24-11-5-3-4-10(8-11)20-7-6-13(19-20)15(16,17)18/h3-9H,1-2H3/b12-9-. The number of esters is 1. The molecule has 0 amide bonds. The van der Waals surface area contributed by atoms with E-state index in [1.165, 1.54) is 38.6 Å². The smallest absolute Gasteiger partial charge is 0.435 e. The number of carbonyl (C=O) groups is 1. The molecule has 9 heteroatoms. The number of carbonyl (C=O) groups excluding carboxylic acids is 1. The molecule has 0 unspecified atom stereocenters. The van der Waals surface area contributed by atoms with E-state index in [1.807, 2.05) is 0 Å². The first kappa shape index (κ1) is 17.4. The fourth-order valence-electron chi connectivity index (χ4n) is 1.76. The molecule has 0 saturated heterocycles. The van der Waals surface area contributed by atoms with E-state index in [9.17, 15) is 18.0 Å². The van der Waals surface area contributed by atoms with Crippen LogP contribution in [0.2, 0.25) is 0 Å². The van der Waals surface area contributed by atoms with Gasteiger partial charge in [0.1, 0.15) is 12.0 Å². The molecule has 2 aromatic rings. The van der Waals surface area contributed by atoms with Gasteiger partial charge in [0.15, 0.2) is 5.69 Å². The predicted molar refractivity (Wildman–Crippen MR) is 76.3 cm³/mol. The second kappa shape index (κ2) is 7.07. The summed E-state index contributed by atoms with van der Waals surface area (Å²) in [5.74, 6) is -0.778. The zero-order valence-electron chi connectivity index (χ0n) is 12.7. The lowest BCUT2D eigenvalue weighted by Crippen LogP contribution is -2.11. The number of ether oxygens (including phenoxy) is 3. The van der Waals surface area contributed by atoms with E-state index in [1.54, 1.807) is 6.07 Å². The highest BCUT2D eigenvalue weighted by molar-refractivity contribution is 5.86. The summed E-state index contributed by atoms with van der Waals surface area (Å²) in [6.45, 7) is 0. The van der Waals surface area contributed by atoms with Crippen LogP contribution in [0.15, 0.2) is 48.5 Å². The summed E-state index contributed by atoms with van der Waals surface area (Å²) in [5.41, 5.74) is -0.687. The third kappa shape index (κ3) is 4.06. The molecule has 0 aliphatic heterocycles. The number of rotatable bonds is 5. The Bertz CT molecular complexity index is 753. The highest BCUT2D eigenvalue weighted by atomic mass is 19.4. The van der Waals surface area contributed by atoms with Crippen molar-refractivity contribution in [2.75, 3.05) is 14.2 Å². The fourth-order valence-corrected chi connectivity index (χ4v) is 1.76. The first-order valence-corrected chi connectivity index (χ1v) is 6.57. The molecule has 0 aliphatic rings. The highest BCUT2D eigenvalue weighted by Gasteiger charge is 2.33. The maximum Gasteiger partial charge on any atom is 0.435 e. The zero-order chi connectivity index (χ0) is 17.7. The van der Waals surface area contributed by atoms with Crippen molar-refractivity contribution in [2.45, 2.75) is 6.18 Å². The third-order valence-corrected chi connectivity index (χ3v) is 2.80. The largest absolute Gasteiger partial charge is 0.500 e. The topological polar surface area (TPSA) is 62.6 Å². The van der Waals surface area contributed by atoms with E-state index in [0.29, 0.717) is 5.69 Å². The maximum absolute atomic E-state index is 12.6. The van der Waals surface area contributed by atoms with Crippen molar-refractivity contribution >= 4 is 5.97 Å². The summed E-state index contributed by atoms with van der Waals surface area (Å²) in [4.78, 5) is 11.5. The first-order valence-electron chi connectivity index (χ1n) is 6.57. The second-order valence-corrected chi connectivity index (χ2v) is 4.45. The highest BCUT2D eigenvalue weighted by Crippen LogP contribution is 2.28. The number of methoxy groups -OCH3 is 2. The number of alkyl halides is 3. The van der Waals surface area contributed by atoms with Crippen LogP contribution in [-0.4, -0.2) is 30.0 Å². The number of halogens is 3. The molecule has 6 nitrogen and oxygen atoms in total. The molecular formula is C15H13F3N2O4. The molecule has 24 heavy (non-hydrogen) atoms. The molecule has 0 spiro atoms. The molecular weight excluding hydrogens is 329 g/mol. The van der Waals surface area contributed by atoms with Crippen LogP contribution in [-0.2, 0) is 20.4 Å². The normalized spacial score (nSPS) is 12.0. The molecule has 0 aliphatic carbocycles. The Balaban J connectivity index is 2.27. The van der Waals surface area contributed by atoms with E-state index >= 15 is 0 Å². The summed E-state index contributed by atoms with van der Waals surface area (Å²) < 4.78 is 53.5. The van der Waals surface area contributed by atoms with Crippen LogP contribution in [0.1, 0.15) is 5.69 Å². The van der Waals surface area contributed by atoms with Crippen LogP contribution in [0.5, 0.6) is 5.75 Å². The van der Waals surface area contributed by atoms with Crippen molar-refractivity contribution in [3.63, 3.8) is 0 Å². The molecule has 0 bridgehead atoms. The Morgan fingerprint density at radius 3 is 2.58 bits per heavy atom. The van der Waals surface area contributed by atoms with Crippen molar-refractivity contribution in [1.29, 1.82) is 0 Å². The minimum atomic E-state index is -4.53. The maximum atomic E-state index is 12.6. The fraction of sp³-hybridized carbons (Fsp3) is 0.200. The lowest BCUT2D eigenvalue weighted by atomic mass is 10.3. The summed E-state index contributed by atoms with van der Waals surface area (Å²) in [5, 5.41) is 3.46. The van der Waals surface area contributed by atoms with Gasteiger partial charge in [-0.15, -0.1) is 0 Å². The molecule has 1 aromatic carbocycles. The van der Waals surface area contributed by atoms with Gasteiger partial charge in [-0.05, 0) is 18.2 Å². The molecule has 0 atom stereocenters. The van der Waals surface area contributed by atoms with Crippen molar-refractivity contribution in [3.05, 3.63) is 54.2 Å². The average molecular weight is 342 g/mol. The van der Waals surface area contributed by atoms with Gasteiger partial charge < -0.3 is 14.2 Å². The van der Waals surface area contributed by atoms with Crippen molar-refractivity contribution in [2.24, 2.45) is 0 Å². The second-order valence-electron chi connectivity index (χ2n) is 4.45. The Morgan fingerprint density at radius 2 is 2.00 bits per heavy atom. The summed E-state index contributed by atoms with van der Waals surface area (Å²) in [6.07, 6.45) is -2.30. The Morgan fingerprint density at radius 1 is 1.25 bits per heavy atom. The summed E-state index contributed by atoms with van der Waals surface area (Å²) in [6, 6.07) is 6.88. The van der Waals surface area contributed by atoms with Gasteiger partial charge in [-0.25, -0.2) is 9.48 Å². The van der Waals surface area contributed by atoms with Gasteiger partial charge in [0.2, 0.25) is 5.76 Å². The van der Waals surface area contributed by atoms with Crippen LogP contribution in [0.4, 0.5) is 13.2 Å². The van der Waals surface area contributed by atoms with Crippen molar-refractivity contribution in [3.8, 4) is 11.4 Å². The van der Waals surface area contributed by atoms with Crippen LogP contribution in [0.25, 0.3) is 5.69 Å². The van der Waals surface area contributed by atoms with Crippen LogP contribution >= 0.6 is 0 Å². The Kier molecular flexibility index (Phi) is 5.12. The van der Waals surface area contributed by atoms with Gasteiger partial charge in [-0.3, -0.25) is 0 Å². The van der Waals surface area contributed by atoms with Crippen molar-refractivity contribution in [1.82, 2.24) is 9.78 Å². The molecule has 0 saturated carbocycles. The van der Waals surface area contributed by atoms with E-state index in [2.05, 4.69) is 9.84 Å². The molecule has 1 aromatic heterocycles. The SMILES string of the molecule is CO/C=C(\Oc1cccc(-n2ccc(C(F)(F)F)n2)c1)C(=O)OC. The first-order chi connectivity index (χ1) is 11.3. The van der Waals surface area contributed by atoms with E-state index in [0.717, 1.165) is 17.0 Å². The van der Waals surface area contributed by atoms with Gasteiger partial charge in [-0.1, -0.05) is 6.07 Å². The molecule has 2 rings (SSSR count).